The van der Waals surface area contributed by atoms with Crippen LogP contribution < -0.4 is 16.6 Å². The monoisotopic (exact) mass is 345 g/mol. The largest absolute Gasteiger partial charge is 0.365 e. The van der Waals surface area contributed by atoms with Crippen molar-refractivity contribution in [3.63, 3.8) is 0 Å². The summed E-state index contributed by atoms with van der Waals surface area (Å²) in [5.74, 6) is -0.826. The lowest BCUT2D eigenvalue weighted by atomic mass is 10.0. The Kier molecular flexibility index (Phi) is 5.62. The van der Waals surface area contributed by atoms with Gasteiger partial charge in [-0.15, -0.1) is 0 Å². The number of nitrogens with zero attached hydrogens (tertiary/aromatic N) is 1. The zero-order valence-electron chi connectivity index (χ0n) is 15.1. The Morgan fingerprint density at radius 2 is 1.88 bits per heavy atom. The fraction of sp³-hybridized carbons (Fsp3) is 0.368. The van der Waals surface area contributed by atoms with Gasteiger partial charge < -0.3 is 11.1 Å². The fourth-order valence-corrected chi connectivity index (χ4v) is 3.13. The minimum absolute atomic E-state index is 0.169. The van der Waals surface area contributed by atoms with Crippen molar-refractivity contribution in [1.29, 1.82) is 0 Å². The number of hydrogen-bond donors (Lipinski definition) is 2. The number of nitrogens with two attached hydrogens (primary N) is 1. The third-order valence-electron chi connectivity index (χ3n) is 4.28. The van der Waals surface area contributed by atoms with Crippen LogP contribution in [0.15, 0.2) is 23.0 Å². The first-order valence-electron chi connectivity index (χ1n) is 8.48. The molecule has 1 heterocycles. The summed E-state index contributed by atoms with van der Waals surface area (Å²) in [6.07, 6.45) is 2.09. The van der Waals surface area contributed by atoms with Crippen molar-refractivity contribution in [1.82, 2.24) is 4.57 Å². The number of nitrogens with one attached hydrogen (secondary N) is 1. The fourth-order valence-electron chi connectivity index (χ4n) is 3.13. The van der Waals surface area contributed by atoms with Crippen LogP contribution in [0.25, 0.3) is 0 Å². The number of pyridine rings is 1. The van der Waals surface area contributed by atoms with E-state index < -0.39 is 11.7 Å². The number of aryl methyl sites for hydroxylation is 1. The normalized spacial score (nSPS) is 12.2. The van der Waals surface area contributed by atoms with E-state index in [-0.39, 0.29) is 22.6 Å². The van der Waals surface area contributed by atoms with Gasteiger partial charge in [-0.1, -0.05) is 19.9 Å². The minimum atomic E-state index is -0.617. The van der Waals surface area contributed by atoms with Gasteiger partial charge in [0.25, 0.3) is 11.5 Å². The quantitative estimate of drug-likeness (QED) is 0.897. The van der Waals surface area contributed by atoms with Crippen molar-refractivity contribution in [2.24, 2.45) is 12.8 Å². The van der Waals surface area contributed by atoms with Crippen LogP contribution >= 0.6 is 0 Å². The number of amides is 1. The van der Waals surface area contributed by atoms with Crippen molar-refractivity contribution < 1.29 is 9.18 Å². The van der Waals surface area contributed by atoms with Crippen molar-refractivity contribution in [2.45, 2.75) is 40.0 Å². The topological polar surface area (TPSA) is 77.1 Å². The average molecular weight is 345 g/mol. The molecule has 1 aliphatic carbocycles. The molecule has 1 aliphatic rings. The molecule has 1 aromatic carbocycles. The Morgan fingerprint density at radius 3 is 2.48 bits per heavy atom. The number of carbonyl (C=O) groups excluding carboxylic acids is 1. The first kappa shape index (κ1) is 18.7. The van der Waals surface area contributed by atoms with Gasteiger partial charge in [0.2, 0.25) is 0 Å². The maximum atomic E-state index is 14.1. The molecule has 0 bridgehead atoms. The summed E-state index contributed by atoms with van der Waals surface area (Å²) < 4.78 is 15.4. The number of hydrogen-bond acceptors (Lipinski definition) is 3. The molecule has 0 aliphatic heterocycles. The molecular formula is C19H24FN3O2. The van der Waals surface area contributed by atoms with Gasteiger partial charge >= 0.3 is 0 Å². The highest BCUT2D eigenvalue weighted by molar-refractivity contribution is 6.00. The average Bonchev–Trinajstić information content (AvgIpc) is 3.05. The Hall–Kier alpha value is -2.63. The van der Waals surface area contributed by atoms with Crippen molar-refractivity contribution in [2.75, 3.05) is 5.32 Å². The Bertz CT molecular complexity index is 872. The number of carbonyl (C=O) groups is 1. The molecule has 5 nitrogen and oxygen atoms in total. The van der Waals surface area contributed by atoms with E-state index in [9.17, 15) is 14.0 Å². The van der Waals surface area contributed by atoms with E-state index >= 15 is 0 Å². The van der Waals surface area contributed by atoms with Crippen molar-refractivity contribution in [3.05, 3.63) is 56.6 Å². The van der Waals surface area contributed by atoms with E-state index in [0.29, 0.717) is 24.0 Å². The number of benzene rings is 1. The highest BCUT2D eigenvalue weighted by Crippen LogP contribution is 2.30. The number of anilines is 2. The van der Waals surface area contributed by atoms with Crippen LogP contribution in [0.5, 0.6) is 0 Å². The van der Waals surface area contributed by atoms with Gasteiger partial charge in [0, 0.05) is 12.6 Å². The van der Waals surface area contributed by atoms with Gasteiger partial charge in [0.1, 0.15) is 11.6 Å². The second kappa shape index (κ2) is 7.51. The number of fused-ring (bicyclic) bond motifs is 1. The number of halogens is 1. The van der Waals surface area contributed by atoms with Gasteiger partial charge in [-0.25, -0.2) is 4.39 Å². The maximum absolute atomic E-state index is 14.1. The molecule has 6 heteroatoms. The second-order valence-corrected chi connectivity index (χ2v) is 5.87. The molecular weight excluding hydrogens is 321 g/mol. The Labute approximate surface area is 146 Å². The van der Waals surface area contributed by atoms with Gasteiger partial charge in [-0.05, 0) is 49.4 Å². The summed E-state index contributed by atoms with van der Waals surface area (Å²) in [5, 5.41) is 2.88. The number of rotatable bonds is 3. The van der Waals surface area contributed by atoms with Gasteiger partial charge in [-0.2, -0.15) is 0 Å². The zero-order chi connectivity index (χ0) is 18.7. The minimum Gasteiger partial charge on any atom is -0.365 e. The number of aromatic nitrogens is 1. The van der Waals surface area contributed by atoms with Crippen LogP contribution in [0.1, 0.15) is 47.3 Å². The predicted molar refractivity (Wildman–Crippen MR) is 98.0 cm³/mol. The maximum Gasteiger partial charge on any atom is 0.255 e. The third-order valence-corrected chi connectivity index (χ3v) is 4.28. The molecule has 0 fully saturated rings. The Balaban J connectivity index is 0.00000109. The molecule has 0 radical (unpaired) electrons. The third kappa shape index (κ3) is 3.43. The van der Waals surface area contributed by atoms with Crippen molar-refractivity contribution >= 4 is 17.4 Å². The van der Waals surface area contributed by atoms with Crippen LogP contribution in [0.4, 0.5) is 15.9 Å². The molecule has 0 saturated heterocycles. The molecule has 1 amide bonds. The van der Waals surface area contributed by atoms with Crippen LogP contribution in [0.2, 0.25) is 0 Å². The summed E-state index contributed by atoms with van der Waals surface area (Å²) in [6, 6.07) is 4.71. The smallest absolute Gasteiger partial charge is 0.255 e. The first-order valence-corrected chi connectivity index (χ1v) is 8.48. The second-order valence-electron chi connectivity index (χ2n) is 5.87. The first-order chi connectivity index (χ1) is 11.9. The highest BCUT2D eigenvalue weighted by Gasteiger charge is 2.26. The summed E-state index contributed by atoms with van der Waals surface area (Å²) in [7, 11) is 1.56. The molecule has 2 aromatic rings. The molecule has 0 unspecified atom stereocenters. The summed E-state index contributed by atoms with van der Waals surface area (Å²) in [4.78, 5) is 24.4. The summed E-state index contributed by atoms with van der Waals surface area (Å²) in [6.45, 7) is 5.78. The lowest BCUT2D eigenvalue weighted by Gasteiger charge is -2.18. The van der Waals surface area contributed by atoms with E-state index in [0.717, 1.165) is 12.0 Å². The van der Waals surface area contributed by atoms with Gasteiger partial charge in [-0.3, -0.25) is 14.2 Å². The lowest BCUT2D eigenvalue weighted by molar-refractivity contribution is 0.0999. The molecule has 3 rings (SSSR count). The van der Waals surface area contributed by atoms with Crippen LogP contribution in [-0.2, 0) is 19.9 Å². The van der Waals surface area contributed by atoms with Gasteiger partial charge in [0.05, 0.1) is 11.3 Å². The van der Waals surface area contributed by atoms with E-state index in [1.807, 2.05) is 13.8 Å². The van der Waals surface area contributed by atoms with E-state index in [1.165, 1.54) is 10.6 Å². The summed E-state index contributed by atoms with van der Waals surface area (Å²) >= 11 is 0. The molecule has 1 aromatic heterocycles. The molecule has 0 spiro atoms. The van der Waals surface area contributed by atoms with E-state index in [2.05, 4.69) is 5.32 Å². The molecule has 0 atom stereocenters. The highest BCUT2D eigenvalue weighted by atomic mass is 19.1. The Morgan fingerprint density at radius 1 is 1.24 bits per heavy atom. The van der Waals surface area contributed by atoms with E-state index in [1.54, 1.807) is 26.1 Å². The standard InChI is InChI=1S/C17H18FN3O2.C2H6/c1-9-6-7-13(12(18)8-9)20-16-14(15(19)22)10-4-3-5-11(10)17(23)21(16)2;1-2/h6-8,20H,3-5H2,1-2H3,(H2,19,22);1-2H3. The zero-order valence-corrected chi connectivity index (χ0v) is 15.1. The van der Waals surface area contributed by atoms with E-state index in [4.69, 9.17) is 5.73 Å². The van der Waals surface area contributed by atoms with Gasteiger partial charge in [0.15, 0.2) is 0 Å². The molecule has 25 heavy (non-hydrogen) atoms. The number of primary amides is 1. The SMILES string of the molecule is CC.Cc1ccc(Nc2c(C(N)=O)c3c(c(=O)n2C)CCC3)c(F)c1. The van der Waals surface area contributed by atoms with Crippen molar-refractivity contribution in [3.8, 4) is 0 Å². The summed E-state index contributed by atoms with van der Waals surface area (Å²) in [5.41, 5.74) is 7.95. The predicted octanol–water partition coefficient (Wildman–Crippen LogP) is 3.19. The molecule has 3 N–H and O–H groups in total. The van der Waals surface area contributed by atoms with Crippen LogP contribution in [0, 0.1) is 12.7 Å². The van der Waals surface area contributed by atoms with Crippen LogP contribution in [0.3, 0.4) is 0 Å². The molecule has 0 saturated carbocycles. The molecule has 134 valence electrons. The lowest BCUT2D eigenvalue weighted by Crippen LogP contribution is -2.29. The van der Waals surface area contributed by atoms with Crippen LogP contribution in [-0.4, -0.2) is 10.5 Å².